The van der Waals surface area contributed by atoms with Crippen LogP contribution in [0.1, 0.15) is 12.7 Å². The van der Waals surface area contributed by atoms with Gasteiger partial charge in [-0.05, 0) is 6.92 Å². The van der Waals surface area contributed by atoms with E-state index in [2.05, 4.69) is 10.5 Å². The van der Waals surface area contributed by atoms with Gasteiger partial charge in [0.2, 0.25) is 0 Å². The van der Waals surface area contributed by atoms with Crippen molar-refractivity contribution in [3.8, 4) is 0 Å². The van der Waals surface area contributed by atoms with E-state index >= 15 is 0 Å². The van der Waals surface area contributed by atoms with E-state index in [4.69, 9.17) is 16.4 Å². The Morgan fingerprint density at radius 3 is 3.00 bits per heavy atom. The Morgan fingerprint density at radius 1 is 1.75 bits per heavy atom. The molecule has 0 bridgehead atoms. The van der Waals surface area contributed by atoms with Crippen molar-refractivity contribution in [3.05, 3.63) is 17.2 Å². The standard InChI is InChI=1S/C7H12ClN3O/c1-3-12-10-5-7-9-4-6(8)11(7)2/h4,10H,3,5H2,1-2H3. The van der Waals surface area contributed by atoms with E-state index in [9.17, 15) is 0 Å². The molecule has 1 N–H and O–H groups in total. The minimum absolute atomic E-state index is 0.567. The van der Waals surface area contributed by atoms with Crippen molar-refractivity contribution in [3.63, 3.8) is 0 Å². The number of hydroxylamine groups is 1. The van der Waals surface area contributed by atoms with Crippen LogP contribution in [0, 0.1) is 0 Å². The van der Waals surface area contributed by atoms with E-state index in [1.54, 1.807) is 10.8 Å². The fourth-order valence-electron chi connectivity index (χ4n) is 0.806. The maximum atomic E-state index is 5.77. The van der Waals surface area contributed by atoms with Gasteiger partial charge >= 0.3 is 0 Å². The summed E-state index contributed by atoms with van der Waals surface area (Å²) < 4.78 is 1.80. The van der Waals surface area contributed by atoms with E-state index in [0.717, 1.165) is 5.82 Å². The Morgan fingerprint density at radius 2 is 2.50 bits per heavy atom. The van der Waals surface area contributed by atoms with E-state index in [1.165, 1.54) is 0 Å². The van der Waals surface area contributed by atoms with Gasteiger partial charge in [0.05, 0.1) is 19.3 Å². The van der Waals surface area contributed by atoms with Gasteiger partial charge in [-0.15, -0.1) is 0 Å². The van der Waals surface area contributed by atoms with Gasteiger partial charge in [-0.25, -0.2) is 4.98 Å². The quantitative estimate of drug-likeness (QED) is 0.570. The Bertz CT molecular complexity index is 249. The lowest BCUT2D eigenvalue weighted by atomic mass is 10.6. The molecule has 0 fully saturated rings. The van der Waals surface area contributed by atoms with Crippen molar-refractivity contribution in [2.45, 2.75) is 13.5 Å². The molecule has 0 saturated heterocycles. The topological polar surface area (TPSA) is 39.1 Å². The number of nitrogens with zero attached hydrogens (tertiary/aromatic N) is 2. The Kier molecular flexibility index (Phi) is 3.52. The minimum atomic E-state index is 0.567. The van der Waals surface area contributed by atoms with Gasteiger partial charge in [0.25, 0.3) is 0 Å². The second-order valence-electron chi connectivity index (χ2n) is 2.31. The third kappa shape index (κ3) is 2.20. The molecular weight excluding hydrogens is 178 g/mol. The number of halogens is 1. The average Bonchev–Trinajstić information content (AvgIpc) is 2.36. The smallest absolute Gasteiger partial charge is 0.128 e. The Balaban J connectivity index is 2.46. The van der Waals surface area contributed by atoms with Gasteiger partial charge in [-0.2, -0.15) is 5.48 Å². The molecule has 0 aliphatic carbocycles. The van der Waals surface area contributed by atoms with Crippen LogP contribution < -0.4 is 5.48 Å². The predicted molar refractivity (Wildman–Crippen MR) is 46.7 cm³/mol. The molecule has 68 valence electrons. The van der Waals surface area contributed by atoms with Crippen LogP contribution in [-0.2, 0) is 18.4 Å². The molecule has 5 heteroatoms. The highest BCUT2D eigenvalue weighted by molar-refractivity contribution is 6.29. The van der Waals surface area contributed by atoms with Crippen molar-refractivity contribution in [2.75, 3.05) is 6.61 Å². The largest absolute Gasteiger partial charge is 0.321 e. The van der Waals surface area contributed by atoms with Crippen LogP contribution in [0.5, 0.6) is 0 Å². The summed E-state index contributed by atoms with van der Waals surface area (Å²) in [7, 11) is 1.86. The Hall–Kier alpha value is -0.580. The van der Waals surface area contributed by atoms with E-state index in [0.29, 0.717) is 18.3 Å². The molecule has 4 nitrogen and oxygen atoms in total. The van der Waals surface area contributed by atoms with Crippen LogP contribution in [0.2, 0.25) is 5.15 Å². The zero-order chi connectivity index (χ0) is 8.97. The monoisotopic (exact) mass is 189 g/mol. The van der Waals surface area contributed by atoms with Crippen LogP contribution in [0.4, 0.5) is 0 Å². The summed E-state index contributed by atoms with van der Waals surface area (Å²) in [6, 6.07) is 0. The molecule has 0 aliphatic rings. The number of imidazole rings is 1. The summed E-state index contributed by atoms with van der Waals surface area (Å²) in [4.78, 5) is 9.03. The molecule has 0 amide bonds. The highest BCUT2D eigenvalue weighted by Gasteiger charge is 2.02. The molecule has 1 rings (SSSR count). The average molecular weight is 190 g/mol. The highest BCUT2D eigenvalue weighted by atomic mass is 35.5. The third-order valence-electron chi connectivity index (χ3n) is 1.50. The molecule has 1 aromatic heterocycles. The minimum Gasteiger partial charge on any atom is -0.321 e. The van der Waals surface area contributed by atoms with Crippen molar-refractivity contribution < 1.29 is 4.84 Å². The molecule has 0 unspecified atom stereocenters. The maximum Gasteiger partial charge on any atom is 0.128 e. The summed E-state index contributed by atoms with van der Waals surface area (Å²) >= 11 is 5.77. The van der Waals surface area contributed by atoms with Gasteiger partial charge in [0.15, 0.2) is 0 Å². The first kappa shape index (κ1) is 9.51. The summed E-state index contributed by atoms with van der Waals surface area (Å²) in [6.07, 6.45) is 1.62. The normalized spacial score (nSPS) is 10.6. The first-order valence-electron chi connectivity index (χ1n) is 3.76. The molecule has 12 heavy (non-hydrogen) atoms. The van der Waals surface area contributed by atoms with Gasteiger partial charge in [0, 0.05) is 7.05 Å². The zero-order valence-electron chi connectivity index (χ0n) is 7.17. The lowest BCUT2D eigenvalue weighted by Gasteiger charge is -2.03. The summed E-state index contributed by atoms with van der Waals surface area (Å²) in [5.74, 6) is 0.855. The molecule has 0 atom stereocenters. The van der Waals surface area contributed by atoms with Crippen molar-refractivity contribution in [2.24, 2.45) is 7.05 Å². The molecular formula is C7H12ClN3O. The van der Waals surface area contributed by atoms with E-state index in [1.807, 2.05) is 14.0 Å². The van der Waals surface area contributed by atoms with Gasteiger partial charge in [0.1, 0.15) is 11.0 Å². The summed E-state index contributed by atoms with van der Waals surface area (Å²) in [5.41, 5.74) is 2.76. The fourth-order valence-corrected chi connectivity index (χ4v) is 0.952. The van der Waals surface area contributed by atoms with Crippen LogP contribution >= 0.6 is 11.6 Å². The van der Waals surface area contributed by atoms with Crippen LogP contribution in [-0.4, -0.2) is 16.2 Å². The number of aromatic nitrogens is 2. The summed E-state index contributed by atoms with van der Waals surface area (Å²) in [5, 5.41) is 0.628. The molecule has 1 heterocycles. The lowest BCUT2D eigenvalue weighted by Crippen LogP contribution is -2.16. The summed E-state index contributed by atoms with van der Waals surface area (Å²) in [6.45, 7) is 3.12. The molecule has 0 aliphatic heterocycles. The second kappa shape index (κ2) is 4.45. The first-order chi connectivity index (χ1) is 5.75. The van der Waals surface area contributed by atoms with Gasteiger partial charge < -0.3 is 9.40 Å². The number of hydrogen-bond donors (Lipinski definition) is 1. The molecule has 0 aromatic carbocycles. The van der Waals surface area contributed by atoms with E-state index in [-0.39, 0.29) is 0 Å². The number of rotatable bonds is 4. The number of hydrogen-bond acceptors (Lipinski definition) is 3. The van der Waals surface area contributed by atoms with Crippen LogP contribution in [0.25, 0.3) is 0 Å². The van der Waals surface area contributed by atoms with Crippen molar-refractivity contribution in [1.82, 2.24) is 15.0 Å². The van der Waals surface area contributed by atoms with E-state index < -0.39 is 0 Å². The van der Waals surface area contributed by atoms with Crippen molar-refractivity contribution in [1.29, 1.82) is 0 Å². The fraction of sp³-hybridized carbons (Fsp3) is 0.571. The second-order valence-corrected chi connectivity index (χ2v) is 2.70. The molecule has 1 aromatic rings. The molecule has 0 saturated carbocycles. The highest BCUT2D eigenvalue weighted by Crippen LogP contribution is 2.08. The first-order valence-corrected chi connectivity index (χ1v) is 4.14. The third-order valence-corrected chi connectivity index (χ3v) is 1.86. The van der Waals surface area contributed by atoms with Crippen molar-refractivity contribution >= 4 is 11.6 Å². The van der Waals surface area contributed by atoms with Crippen LogP contribution in [0.3, 0.4) is 0 Å². The van der Waals surface area contributed by atoms with Gasteiger partial charge in [-0.3, -0.25) is 0 Å². The zero-order valence-corrected chi connectivity index (χ0v) is 7.93. The SMILES string of the molecule is CCONCc1ncc(Cl)n1C. The predicted octanol–water partition coefficient (Wildman–Crippen LogP) is 1.11. The molecule has 0 spiro atoms. The van der Waals surface area contributed by atoms with Crippen LogP contribution in [0.15, 0.2) is 6.20 Å². The lowest BCUT2D eigenvalue weighted by molar-refractivity contribution is 0.0444. The number of nitrogens with one attached hydrogen (secondary N) is 1. The molecule has 0 radical (unpaired) electrons. The van der Waals surface area contributed by atoms with Gasteiger partial charge in [-0.1, -0.05) is 11.6 Å². The Labute approximate surface area is 76.5 Å². The maximum absolute atomic E-state index is 5.77.